The number of phenolic OH excluding ortho intramolecular Hbond substituents is 2. The molecule has 2 aromatic rings. The first-order valence-electron chi connectivity index (χ1n) is 19.1. The van der Waals surface area contributed by atoms with Gasteiger partial charge < -0.3 is 60.1 Å². The van der Waals surface area contributed by atoms with Crippen molar-refractivity contribution in [2.75, 3.05) is 58.5 Å². The first-order valence-corrected chi connectivity index (χ1v) is 20.3. The summed E-state index contributed by atoms with van der Waals surface area (Å²) in [4.78, 5) is 68.6. The minimum absolute atomic E-state index is 0.0313. The molecule has 2 amide bonds. The van der Waals surface area contributed by atoms with Crippen molar-refractivity contribution >= 4 is 40.9 Å². The fourth-order valence-electron chi connectivity index (χ4n) is 8.55. The molecule has 3 saturated heterocycles. The summed E-state index contributed by atoms with van der Waals surface area (Å²) < 4.78 is 35.8. The van der Waals surface area contributed by atoms with Crippen molar-refractivity contribution in [1.29, 1.82) is 0 Å². The molecule has 0 unspecified atom stereocenters. The predicted molar refractivity (Wildman–Crippen MR) is 204 cm³/mol. The number of morpholine rings is 1. The van der Waals surface area contributed by atoms with E-state index in [0.717, 1.165) is 0 Å². The van der Waals surface area contributed by atoms with Crippen LogP contribution in [0.3, 0.4) is 0 Å². The molecule has 2 aromatic carbocycles. The number of benzene rings is 2. The molecule has 2 aliphatic carbocycles. The zero-order chi connectivity index (χ0) is 41.5. The third kappa shape index (κ3) is 7.70. The normalized spacial score (nSPS) is 28.7. The third-order valence-electron chi connectivity index (χ3n) is 11.3. The highest BCUT2D eigenvalue weighted by atomic mass is 32.2. The zero-order valence-corrected chi connectivity index (χ0v) is 33.1. The number of carbonyl (C=O) groups is 5. The lowest BCUT2D eigenvalue weighted by Gasteiger charge is -2.43. The van der Waals surface area contributed by atoms with Gasteiger partial charge in [-0.25, -0.2) is 0 Å². The molecule has 0 radical (unpaired) electrons. The van der Waals surface area contributed by atoms with Crippen molar-refractivity contribution in [3.63, 3.8) is 0 Å². The van der Waals surface area contributed by atoms with Crippen LogP contribution < -0.4 is 21.1 Å². The number of amides is 2. The number of phenols is 2. The molecule has 0 spiro atoms. The van der Waals surface area contributed by atoms with Crippen LogP contribution in [0.5, 0.6) is 17.2 Å². The first kappa shape index (κ1) is 42.0. The average Bonchev–Trinajstić information content (AvgIpc) is 3.60. The summed E-state index contributed by atoms with van der Waals surface area (Å²) in [5, 5.41) is 41.1. The van der Waals surface area contributed by atoms with Gasteiger partial charge in [0.1, 0.15) is 29.0 Å². The number of Topliss-reactive ketones (excluding diaryl/α,β-unsaturated/α-hetero) is 1. The number of hydrogen-bond acceptors (Lipinski definition) is 17. The van der Waals surface area contributed by atoms with E-state index in [9.17, 15) is 39.3 Å². The standard InChI is InChI=1S/C39H48N4O14S/c1-18-35-22(43-10-11-54-37(53-3)36(43)57-35)13-26(55-18)56-24-15-39(51,38(50)42-16-19(44)7-12-58-17-25(45)41-9-8-40)14-21-28(24)34(49)30-29(32(21)47)31(46)20-5-4-6-23(52-2)27(20)33(30)48/h4-6,18,22,24,26,35-37,47,49,51H,7-17,40H2,1-3H3,(H,41,45)(H,42,50)/t18-,22-,24-,26-,35+,36+,37-,39-/m0/s1. The van der Waals surface area contributed by atoms with Gasteiger partial charge in [-0.2, -0.15) is 11.8 Å². The molecule has 0 bridgehead atoms. The maximum Gasteiger partial charge on any atom is 0.252 e. The SMILES string of the molecule is COc1cccc2c1C(=O)c1c(O)c3c(c(O)c1C2=O)C[C@@](O)(C(=O)NCC(=O)CCSCC(=O)NCCN)C[C@@H]3O[C@H]1C[C@H]2[C@H](O[C@@H]3[C@@H](OC)OCCN32)[C@H](C)O1. The second-order valence-electron chi connectivity index (χ2n) is 14.9. The number of carbonyl (C=O) groups excluding carboxylic acids is 5. The number of thioether (sulfide) groups is 1. The van der Waals surface area contributed by atoms with Gasteiger partial charge in [0.2, 0.25) is 11.7 Å². The molecule has 3 heterocycles. The van der Waals surface area contributed by atoms with E-state index in [1.54, 1.807) is 0 Å². The minimum atomic E-state index is -2.34. The topological polar surface area (TPSA) is 255 Å². The quantitative estimate of drug-likeness (QED) is 0.0926. The summed E-state index contributed by atoms with van der Waals surface area (Å²) >= 11 is 1.24. The number of ketones is 3. The second-order valence-corrected chi connectivity index (χ2v) is 16.0. The van der Waals surface area contributed by atoms with Crippen LogP contribution >= 0.6 is 11.8 Å². The van der Waals surface area contributed by atoms with E-state index in [0.29, 0.717) is 32.0 Å². The molecule has 0 saturated carbocycles. The number of aliphatic hydroxyl groups is 1. The van der Waals surface area contributed by atoms with Crippen molar-refractivity contribution < 1.29 is 67.7 Å². The van der Waals surface area contributed by atoms with Gasteiger partial charge in [-0.05, 0) is 13.0 Å². The molecule has 8 atom stereocenters. The summed E-state index contributed by atoms with van der Waals surface area (Å²) in [6.45, 7) is 2.96. The van der Waals surface area contributed by atoms with Crippen LogP contribution in [0.15, 0.2) is 18.2 Å². The van der Waals surface area contributed by atoms with E-state index in [-0.39, 0.29) is 70.4 Å². The van der Waals surface area contributed by atoms with Gasteiger partial charge >= 0.3 is 0 Å². The number of hydrogen-bond donors (Lipinski definition) is 6. The van der Waals surface area contributed by atoms with Crippen LogP contribution in [-0.4, -0.2) is 151 Å². The van der Waals surface area contributed by atoms with Crippen molar-refractivity contribution in [3.8, 4) is 17.2 Å². The summed E-state index contributed by atoms with van der Waals surface area (Å²) in [5.41, 5.74) is 1.66. The average molecular weight is 829 g/mol. The molecule has 3 fully saturated rings. The van der Waals surface area contributed by atoms with E-state index < -0.39 is 96.1 Å². The molecule has 7 rings (SSSR count). The first-order chi connectivity index (χ1) is 27.8. The zero-order valence-electron chi connectivity index (χ0n) is 32.3. The molecule has 314 valence electrons. The number of nitrogens with zero attached hydrogens (tertiary/aromatic N) is 1. The maximum absolute atomic E-state index is 14.1. The van der Waals surface area contributed by atoms with Crippen LogP contribution in [0.2, 0.25) is 0 Å². The fourth-order valence-corrected chi connectivity index (χ4v) is 9.35. The number of nitrogens with two attached hydrogens (primary N) is 1. The number of fused-ring (bicyclic) bond motifs is 6. The number of ether oxygens (including phenoxy) is 6. The third-order valence-corrected chi connectivity index (χ3v) is 12.2. The van der Waals surface area contributed by atoms with E-state index in [2.05, 4.69) is 15.5 Å². The molecule has 5 aliphatic rings. The second kappa shape index (κ2) is 17.2. The monoisotopic (exact) mass is 828 g/mol. The summed E-state index contributed by atoms with van der Waals surface area (Å²) in [6.07, 6.45) is -5.22. The minimum Gasteiger partial charge on any atom is -0.507 e. The summed E-state index contributed by atoms with van der Waals surface area (Å²) in [6, 6.07) is 4.19. The van der Waals surface area contributed by atoms with Gasteiger partial charge in [0, 0.05) is 80.9 Å². The molecule has 18 nitrogen and oxygen atoms in total. The van der Waals surface area contributed by atoms with Crippen molar-refractivity contribution in [2.24, 2.45) is 5.73 Å². The Hall–Kier alpha value is -4.18. The van der Waals surface area contributed by atoms with Crippen LogP contribution in [0, 0.1) is 0 Å². The van der Waals surface area contributed by atoms with Gasteiger partial charge in [-0.1, -0.05) is 12.1 Å². The Morgan fingerprint density at radius 3 is 2.59 bits per heavy atom. The maximum atomic E-state index is 14.1. The van der Waals surface area contributed by atoms with Crippen LogP contribution in [0.1, 0.15) is 75.3 Å². The van der Waals surface area contributed by atoms with Crippen molar-refractivity contribution in [3.05, 3.63) is 51.6 Å². The van der Waals surface area contributed by atoms with Gasteiger partial charge in [-0.3, -0.25) is 28.9 Å². The highest BCUT2D eigenvalue weighted by molar-refractivity contribution is 7.99. The fraction of sp³-hybridized carbons (Fsp3) is 0.564. The summed E-state index contributed by atoms with van der Waals surface area (Å²) in [7, 11) is 2.86. The molecular weight excluding hydrogens is 781 g/mol. The van der Waals surface area contributed by atoms with Crippen LogP contribution in [-0.2, 0) is 44.5 Å². The van der Waals surface area contributed by atoms with Gasteiger partial charge in [0.05, 0.1) is 54.9 Å². The molecule has 7 N–H and O–H groups in total. The Kier molecular flexibility index (Phi) is 12.4. The molecule has 3 aliphatic heterocycles. The van der Waals surface area contributed by atoms with Crippen molar-refractivity contribution in [2.45, 2.75) is 81.4 Å². The Balaban J connectivity index is 1.17. The Morgan fingerprint density at radius 2 is 1.84 bits per heavy atom. The largest absolute Gasteiger partial charge is 0.507 e. The lowest BCUT2D eigenvalue weighted by atomic mass is 9.72. The molecule has 0 aromatic heterocycles. The van der Waals surface area contributed by atoms with Gasteiger partial charge in [0.25, 0.3) is 5.91 Å². The number of aromatic hydroxyl groups is 2. The molecule has 58 heavy (non-hydrogen) atoms. The smallest absolute Gasteiger partial charge is 0.252 e. The number of rotatable bonds is 14. The Bertz CT molecular complexity index is 1980. The summed E-state index contributed by atoms with van der Waals surface area (Å²) in [5.74, 6) is -3.93. The van der Waals surface area contributed by atoms with Crippen LogP contribution in [0.25, 0.3) is 0 Å². The van der Waals surface area contributed by atoms with Crippen molar-refractivity contribution in [1.82, 2.24) is 15.5 Å². The Morgan fingerprint density at radius 1 is 1.07 bits per heavy atom. The number of methoxy groups -OCH3 is 2. The predicted octanol–water partition coefficient (Wildman–Crippen LogP) is 0.0334. The van der Waals surface area contributed by atoms with Crippen LogP contribution in [0.4, 0.5) is 0 Å². The van der Waals surface area contributed by atoms with E-state index in [1.165, 1.54) is 44.2 Å². The number of nitrogens with one attached hydrogen (secondary N) is 2. The molecule has 19 heteroatoms. The Labute approximate surface area is 338 Å². The lowest BCUT2D eigenvalue weighted by molar-refractivity contribution is -0.256. The van der Waals surface area contributed by atoms with Gasteiger partial charge in [0.15, 0.2) is 30.4 Å². The highest BCUT2D eigenvalue weighted by Gasteiger charge is 2.55. The van der Waals surface area contributed by atoms with E-state index in [1.807, 2.05) is 6.92 Å². The van der Waals surface area contributed by atoms with E-state index in [4.69, 9.17) is 34.2 Å². The van der Waals surface area contributed by atoms with Gasteiger partial charge in [-0.15, -0.1) is 0 Å². The highest BCUT2D eigenvalue weighted by Crippen LogP contribution is 2.53. The lowest BCUT2D eigenvalue weighted by Crippen LogP contribution is -2.55. The molecular formula is C39H48N4O14S. The van der Waals surface area contributed by atoms with E-state index >= 15 is 0 Å².